The van der Waals surface area contributed by atoms with Gasteiger partial charge in [-0.3, -0.25) is 4.79 Å². The van der Waals surface area contributed by atoms with Gasteiger partial charge in [0.25, 0.3) is 0 Å². The summed E-state index contributed by atoms with van der Waals surface area (Å²) >= 11 is 1.89. The van der Waals surface area contributed by atoms with Gasteiger partial charge in [-0.15, -0.1) is 0 Å². The van der Waals surface area contributed by atoms with Gasteiger partial charge in [-0.2, -0.15) is 11.8 Å². The predicted molar refractivity (Wildman–Crippen MR) is 73.6 cm³/mol. The molecule has 1 aromatic rings. The summed E-state index contributed by atoms with van der Waals surface area (Å²) in [6.45, 7) is 2.83. The van der Waals surface area contributed by atoms with Crippen molar-refractivity contribution in [2.24, 2.45) is 0 Å². The molecule has 2 rings (SSSR count). The summed E-state index contributed by atoms with van der Waals surface area (Å²) in [6, 6.07) is 4.92. The zero-order valence-electron chi connectivity index (χ0n) is 10.5. The van der Waals surface area contributed by atoms with E-state index in [1.54, 1.807) is 6.07 Å². The van der Waals surface area contributed by atoms with Crippen LogP contribution in [0, 0.1) is 12.7 Å². The van der Waals surface area contributed by atoms with Gasteiger partial charge < -0.3 is 5.32 Å². The molecule has 1 fully saturated rings. The maximum atomic E-state index is 13.0. The summed E-state index contributed by atoms with van der Waals surface area (Å²) in [5, 5.41) is 3.36. The normalized spacial score (nSPS) is 19.8. The number of hydrogen-bond donors (Lipinski definition) is 1. The summed E-state index contributed by atoms with van der Waals surface area (Å²) in [4.78, 5) is 12.0. The molecule has 1 aromatic carbocycles. The smallest absolute Gasteiger partial charge is 0.138 e. The Labute approximate surface area is 111 Å². The first kappa shape index (κ1) is 13.6. The first-order valence-corrected chi connectivity index (χ1v) is 7.38. The van der Waals surface area contributed by atoms with Gasteiger partial charge in [-0.05, 0) is 30.2 Å². The molecule has 0 aliphatic carbocycles. The van der Waals surface area contributed by atoms with Crippen molar-refractivity contribution < 1.29 is 9.18 Å². The minimum Gasteiger partial charge on any atom is -0.312 e. The third-order valence-electron chi connectivity index (χ3n) is 3.16. The molecule has 98 valence electrons. The van der Waals surface area contributed by atoms with Crippen LogP contribution in [0.5, 0.6) is 0 Å². The fourth-order valence-electron chi connectivity index (χ4n) is 2.17. The number of rotatable bonds is 4. The van der Waals surface area contributed by atoms with Gasteiger partial charge >= 0.3 is 0 Å². The molecule has 0 saturated carbocycles. The number of carbonyl (C=O) groups is 1. The Bertz CT molecular complexity index is 430. The monoisotopic (exact) mass is 267 g/mol. The maximum absolute atomic E-state index is 13.0. The van der Waals surface area contributed by atoms with Crippen molar-refractivity contribution in [2.45, 2.75) is 25.8 Å². The summed E-state index contributed by atoms with van der Waals surface area (Å²) in [5.74, 6) is 2.12. The number of hydrogen-bond acceptors (Lipinski definition) is 3. The Kier molecular flexibility index (Phi) is 4.78. The number of aryl methyl sites for hydroxylation is 1. The van der Waals surface area contributed by atoms with Crippen molar-refractivity contribution in [1.82, 2.24) is 5.32 Å². The van der Waals surface area contributed by atoms with Crippen LogP contribution < -0.4 is 5.32 Å². The molecule has 0 radical (unpaired) electrons. The van der Waals surface area contributed by atoms with E-state index in [4.69, 9.17) is 0 Å². The first-order valence-electron chi connectivity index (χ1n) is 6.23. The quantitative estimate of drug-likeness (QED) is 0.908. The summed E-state index contributed by atoms with van der Waals surface area (Å²) in [5.41, 5.74) is 1.79. The van der Waals surface area contributed by atoms with Crippen LogP contribution in [0.1, 0.15) is 17.5 Å². The van der Waals surface area contributed by atoms with E-state index in [9.17, 15) is 9.18 Å². The lowest BCUT2D eigenvalue weighted by atomic mass is 10.00. The van der Waals surface area contributed by atoms with E-state index < -0.39 is 0 Å². The van der Waals surface area contributed by atoms with Crippen molar-refractivity contribution in [2.75, 3.05) is 18.1 Å². The Balaban J connectivity index is 1.90. The SMILES string of the molecule is Cc1cc(F)ccc1CC(=O)CC1CSCCN1. The third-order valence-corrected chi connectivity index (χ3v) is 4.30. The molecule has 1 heterocycles. The molecule has 1 unspecified atom stereocenters. The van der Waals surface area contributed by atoms with Crippen molar-refractivity contribution in [3.63, 3.8) is 0 Å². The summed E-state index contributed by atoms with van der Waals surface area (Å²) in [7, 11) is 0. The molecule has 4 heteroatoms. The Morgan fingerprint density at radius 2 is 2.39 bits per heavy atom. The van der Waals surface area contributed by atoms with Crippen molar-refractivity contribution >= 4 is 17.5 Å². The molecule has 0 aromatic heterocycles. The highest BCUT2D eigenvalue weighted by Crippen LogP contribution is 2.14. The Hall–Kier alpha value is -0.870. The maximum Gasteiger partial charge on any atom is 0.138 e. The molecule has 2 nitrogen and oxygen atoms in total. The van der Waals surface area contributed by atoms with Gasteiger partial charge in [0, 0.05) is 36.9 Å². The highest BCUT2D eigenvalue weighted by atomic mass is 32.2. The standard InChI is InChI=1S/C14H18FNOS/c1-10-6-12(15)3-2-11(10)7-14(17)8-13-9-18-5-4-16-13/h2-3,6,13,16H,4-5,7-9H2,1H3. The van der Waals surface area contributed by atoms with Crippen LogP contribution in [-0.2, 0) is 11.2 Å². The Morgan fingerprint density at radius 3 is 3.06 bits per heavy atom. The first-order chi connectivity index (χ1) is 8.65. The fourth-order valence-corrected chi connectivity index (χ4v) is 3.12. The van der Waals surface area contributed by atoms with E-state index >= 15 is 0 Å². The molecule has 0 spiro atoms. The second kappa shape index (κ2) is 6.34. The Morgan fingerprint density at radius 1 is 1.56 bits per heavy atom. The van der Waals surface area contributed by atoms with E-state index in [1.807, 2.05) is 18.7 Å². The van der Waals surface area contributed by atoms with Crippen LogP contribution in [0.15, 0.2) is 18.2 Å². The van der Waals surface area contributed by atoms with Crippen molar-refractivity contribution in [1.29, 1.82) is 0 Å². The van der Waals surface area contributed by atoms with Crippen molar-refractivity contribution in [3.05, 3.63) is 35.1 Å². The average molecular weight is 267 g/mol. The predicted octanol–water partition coefficient (Wildman–Crippen LogP) is 2.34. The molecule has 0 amide bonds. The molecule has 1 atom stereocenters. The van der Waals surface area contributed by atoms with E-state index in [2.05, 4.69) is 5.32 Å². The molecular weight excluding hydrogens is 249 g/mol. The van der Waals surface area contributed by atoms with Gasteiger partial charge in [0.1, 0.15) is 11.6 Å². The lowest BCUT2D eigenvalue weighted by Gasteiger charge is -2.22. The molecule has 1 saturated heterocycles. The zero-order chi connectivity index (χ0) is 13.0. The molecular formula is C14H18FNOS. The molecule has 18 heavy (non-hydrogen) atoms. The van der Waals surface area contributed by atoms with Gasteiger partial charge in [0.15, 0.2) is 0 Å². The largest absolute Gasteiger partial charge is 0.312 e. The molecule has 1 aliphatic rings. The minimum absolute atomic E-state index is 0.227. The number of benzene rings is 1. The van der Waals surface area contributed by atoms with Gasteiger partial charge in [0.2, 0.25) is 0 Å². The fraction of sp³-hybridized carbons (Fsp3) is 0.500. The lowest BCUT2D eigenvalue weighted by Crippen LogP contribution is -2.39. The van der Waals surface area contributed by atoms with Gasteiger partial charge in [0.05, 0.1) is 0 Å². The van der Waals surface area contributed by atoms with E-state index in [0.717, 1.165) is 29.2 Å². The van der Waals surface area contributed by atoms with E-state index in [1.165, 1.54) is 12.1 Å². The number of ketones is 1. The number of nitrogens with one attached hydrogen (secondary N) is 1. The highest BCUT2D eigenvalue weighted by molar-refractivity contribution is 7.99. The van der Waals surface area contributed by atoms with Gasteiger partial charge in [-0.25, -0.2) is 4.39 Å². The highest BCUT2D eigenvalue weighted by Gasteiger charge is 2.17. The summed E-state index contributed by atoms with van der Waals surface area (Å²) < 4.78 is 13.0. The second-order valence-corrected chi connectivity index (χ2v) is 5.87. The van der Waals surface area contributed by atoms with Crippen LogP contribution in [0.4, 0.5) is 4.39 Å². The average Bonchev–Trinajstić information content (AvgIpc) is 2.34. The van der Waals surface area contributed by atoms with Crippen LogP contribution in [0.25, 0.3) is 0 Å². The van der Waals surface area contributed by atoms with Crippen LogP contribution >= 0.6 is 11.8 Å². The topological polar surface area (TPSA) is 29.1 Å². The van der Waals surface area contributed by atoms with Crippen molar-refractivity contribution in [3.8, 4) is 0 Å². The number of halogens is 1. The second-order valence-electron chi connectivity index (χ2n) is 4.72. The number of Topliss-reactive ketones (excluding diaryl/α,β-unsaturated/α-hetero) is 1. The van der Waals surface area contributed by atoms with E-state index in [-0.39, 0.29) is 11.6 Å². The third kappa shape index (κ3) is 3.82. The van der Waals surface area contributed by atoms with Gasteiger partial charge in [-0.1, -0.05) is 6.07 Å². The minimum atomic E-state index is -0.242. The summed E-state index contributed by atoms with van der Waals surface area (Å²) in [6.07, 6.45) is 0.985. The van der Waals surface area contributed by atoms with Crippen LogP contribution in [0.3, 0.4) is 0 Å². The number of carbonyl (C=O) groups excluding carboxylic acids is 1. The molecule has 0 bridgehead atoms. The lowest BCUT2D eigenvalue weighted by molar-refractivity contribution is -0.118. The van der Waals surface area contributed by atoms with Crippen LogP contribution in [0.2, 0.25) is 0 Å². The zero-order valence-corrected chi connectivity index (χ0v) is 11.4. The van der Waals surface area contributed by atoms with Crippen LogP contribution in [-0.4, -0.2) is 29.9 Å². The van der Waals surface area contributed by atoms with E-state index in [0.29, 0.717) is 18.9 Å². The molecule has 1 aliphatic heterocycles. The molecule has 1 N–H and O–H groups in total. The number of thioether (sulfide) groups is 1.